The summed E-state index contributed by atoms with van der Waals surface area (Å²) < 4.78 is 0. The van der Waals surface area contributed by atoms with Crippen molar-refractivity contribution in [1.82, 2.24) is 20.2 Å². The fourth-order valence-corrected chi connectivity index (χ4v) is 4.82. The van der Waals surface area contributed by atoms with Crippen molar-refractivity contribution in [2.75, 3.05) is 25.0 Å². The molecule has 1 saturated carbocycles. The summed E-state index contributed by atoms with van der Waals surface area (Å²) in [5.41, 5.74) is 1.94. The van der Waals surface area contributed by atoms with Gasteiger partial charge in [-0.25, -0.2) is 4.98 Å². The van der Waals surface area contributed by atoms with Gasteiger partial charge in [0.15, 0.2) is 0 Å². The molecule has 0 spiro atoms. The monoisotopic (exact) mass is 411 g/mol. The lowest BCUT2D eigenvalue weighted by Gasteiger charge is -2.47. The lowest BCUT2D eigenvalue weighted by atomic mass is 9.80. The van der Waals surface area contributed by atoms with Gasteiger partial charge in [0, 0.05) is 36.9 Å². The first-order valence-corrected chi connectivity index (χ1v) is 11.2. The number of aromatic nitrogens is 2. The summed E-state index contributed by atoms with van der Waals surface area (Å²) in [6.07, 6.45) is 8.80. The van der Waals surface area contributed by atoms with Crippen LogP contribution in [0.5, 0.6) is 0 Å². The van der Waals surface area contributed by atoms with Crippen LogP contribution in [0.4, 0.5) is 5.82 Å². The number of rotatable bonds is 7. The zero-order chi connectivity index (χ0) is 21.1. The molecule has 7 heteroatoms. The van der Waals surface area contributed by atoms with Gasteiger partial charge in [0.1, 0.15) is 5.82 Å². The van der Waals surface area contributed by atoms with E-state index in [0.717, 1.165) is 61.7 Å². The Kier molecular flexibility index (Phi) is 6.49. The lowest BCUT2D eigenvalue weighted by molar-refractivity contribution is -0.121. The summed E-state index contributed by atoms with van der Waals surface area (Å²) in [6.45, 7) is 6.11. The van der Waals surface area contributed by atoms with E-state index in [1.807, 2.05) is 25.3 Å². The third-order valence-corrected chi connectivity index (χ3v) is 6.66. The minimum Gasteiger partial charge on any atom is -0.393 e. The Labute approximate surface area is 178 Å². The molecule has 2 aromatic rings. The summed E-state index contributed by atoms with van der Waals surface area (Å²) in [6, 6.07) is 4.74. The van der Waals surface area contributed by atoms with Crippen molar-refractivity contribution in [3.8, 4) is 0 Å². The maximum atomic E-state index is 12.4. The van der Waals surface area contributed by atoms with Crippen LogP contribution in [-0.4, -0.2) is 63.7 Å². The molecular weight excluding hydrogens is 378 g/mol. The van der Waals surface area contributed by atoms with E-state index in [-0.39, 0.29) is 24.6 Å². The van der Waals surface area contributed by atoms with Crippen molar-refractivity contribution in [3.63, 3.8) is 0 Å². The molecule has 1 aliphatic heterocycles. The van der Waals surface area contributed by atoms with Crippen LogP contribution in [-0.2, 0) is 4.79 Å². The SMILES string of the molecule is CCC(O)[C@H]1CC[C@H](N2CC(NC(=O)CNc3nccc4ncc(C)cc34)C2)CC1. The maximum absolute atomic E-state index is 12.4. The molecule has 2 aromatic heterocycles. The highest BCUT2D eigenvalue weighted by atomic mass is 16.3. The fourth-order valence-electron chi connectivity index (χ4n) is 4.82. The minimum absolute atomic E-state index is 0.00570. The van der Waals surface area contributed by atoms with Gasteiger partial charge < -0.3 is 15.7 Å². The van der Waals surface area contributed by atoms with Crippen molar-refractivity contribution in [2.24, 2.45) is 5.92 Å². The number of anilines is 1. The largest absolute Gasteiger partial charge is 0.393 e. The van der Waals surface area contributed by atoms with Crippen molar-refractivity contribution in [3.05, 3.63) is 30.1 Å². The number of hydrogen-bond donors (Lipinski definition) is 3. The molecule has 0 radical (unpaired) electrons. The Balaban J connectivity index is 1.20. The van der Waals surface area contributed by atoms with E-state index < -0.39 is 0 Å². The molecule has 7 nitrogen and oxygen atoms in total. The summed E-state index contributed by atoms with van der Waals surface area (Å²) in [5, 5.41) is 17.3. The average molecular weight is 412 g/mol. The van der Waals surface area contributed by atoms with E-state index in [2.05, 4.69) is 32.4 Å². The molecule has 1 unspecified atom stereocenters. The van der Waals surface area contributed by atoms with Gasteiger partial charge in [-0.15, -0.1) is 0 Å². The van der Waals surface area contributed by atoms with E-state index >= 15 is 0 Å². The van der Waals surface area contributed by atoms with Crippen LogP contribution in [0.15, 0.2) is 24.5 Å². The molecule has 4 rings (SSSR count). The first kappa shape index (κ1) is 21.0. The summed E-state index contributed by atoms with van der Waals surface area (Å²) in [7, 11) is 0. The topological polar surface area (TPSA) is 90.4 Å². The number of hydrogen-bond acceptors (Lipinski definition) is 6. The second-order valence-corrected chi connectivity index (χ2v) is 8.86. The molecule has 1 saturated heterocycles. The second kappa shape index (κ2) is 9.27. The lowest BCUT2D eigenvalue weighted by Crippen LogP contribution is -2.63. The van der Waals surface area contributed by atoms with Gasteiger partial charge in [0.05, 0.1) is 24.2 Å². The molecule has 0 aromatic carbocycles. The zero-order valence-electron chi connectivity index (χ0n) is 18.0. The summed E-state index contributed by atoms with van der Waals surface area (Å²) in [4.78, 5) is 23.7. The van der Waals surface area contributed by atoms with Crippen LogP contribution in [0.1, 0.15) is 44.6 Å². The molecule has 3 heterocycles. The molecule has 2 aliphatic rings. The third-order valence-electron chi connectivity index (χ3n) is 6.66. The average Bonchev–Trinajstić information content (AvgIpc) is 2.74. The van der Waals surface area contributed by atoms with Crippen molar-refractivity contribution in [1.29, 1.82) is 0 Å². The van der Waals surface area contributed by atoms with Gasteiger partial charge in [-0.2, -0.15) is 0 Å². The zero-order valence-corrected chi connectivity index (χ0v) is 18.0. The first-order chi connectivity index (χ1) is 14.5. The summed E-state index contributed by atoms with van der Waals surface area (Å²) in [5.74, 6) is 1.16. The number of likely N-dealkylation sites (tertiary alicyclic amines) is 1. The molecule has 1 aliphatic carbocycles. The first-order valence-electron chi connectivity index (χ1n) is 11.2. The molecule has 2 fully saturated rings. The Bertz CT molecular complexity index is 875. The highest BCUT2D eigenvalue weighted by Gasteiger charge is 2.36. The van der Waals surface area contributed by atoms with E-state index in [4.69, 9.17) is 0 Å². The molecule has 3 N–H and O–H groups in total. The number of fused-ring (bicyclic) bond motifs is 1. The minimum atomic E-state index is -0.141. The van der Waals surface area contributed by atoms with Crippen LogP contribution >= 0.6 is 0 Å². The number of aliphatic hydroxyl groups is 1. The van der Waals surface area contributed by atoms with E-state index in [1.165, 1.54) is 0 Å². The molecule has 1 amide bonds. The number of nitrogens with zero attached hydrogens (tertiary/aromatic N) is 3. The number of amides is 1. The van der Waals surface area contributed by atoms with E-state index in [9.17, 15) is 9.90 Å². The Morgan fingerprint density at radius 1 is 1.27 bits per heavy atom. The Hall–Kier alpha value is -2.25. The van der Waals surface area contributed by atoms with Crippen LogP contribution in [0.2, 0.25) is 0 Å². The summed E-state index contributed by atoms with van der Waals surface area (Å²) >= 11 is 0. The molecule has 162 valence electrons. The van der Waals surface area contributed by atoms with E-state index in [0.29, 0.717) is 17.8 Å². The number of aryl methyl sites for hydroxylation is 1. The van der Waals surface area contributed by atoms with Crippen molar-refractivity contribution >= 4 is 22.6 Å². The van der Waals surface area contributed by atoms with Gasteiger partial charge >= 0.3 is 0 Å². The van der Waals surface area contributed by atoms with Crippen LogP contribution in [0, 0.1) is 12.8 Å². The maximum Gasteiger partial charge on any atom is 0.239 e. The second-order valence-electron chi connectivity index (χ2n) is 8.86. The quantitative estimate of drug-likeness (QED) is 0.649. The van der Waals surface area contributed by atoms with Gasteiger partial charge in [-0.3, -0.25) is 14.7 Å². The number of pyridine rings is 2. The predicted octanol–water partition coefficient (Wildman–Crippen LogP) is 2.48. The van der Waals surface area contributed by atoms with Crippen LogP contribution in [0.25, 0.3) is 10.9 Å². The van der Waals surface area contributed by atoms with Crippen LogP contribution in [0.3, 0.4) is 0 Å². The highest BCUT2D eigenvalue weighted by molar-refractivity contribution is 5.91. The standard InChI is InChI=1S/C23H33N5O2/c1-3-21(29)16-4-6-18(7-5-16)28-13-17(14-28)27-22(30)12-26-23-19-10-15(2)11-25-20(19)8-9-24-23/h8-11,16-18,21,29H,3-7,12-14H2,1-2H3,(H,24,26)(H,27,30)/t16-,18-,21?. The van der Waals surface area contributed by atoms with Gasteiger partial charge in [0.25, 0.3) is 0 Å². The number of nitrogens with one attached hydrogen (secondary N) is 2. The van der Waals surface area contributed by atoms with Crippen molar-refractivity contribution < 1.29 is 9.90 Å². The Morgan fingerprint density at radius 3 is 2.77 bits per heavy atom. The highest BCUT2D eigenvalue weighted by Crippen LogP contribution is 2.32. The molecular formula is C23H33N5O2. The number of aliphatic hydroxyl groups excluding tert-OH is 1. The van der Waals surface area contributed by atoms with Gasteiger partial charge in [-0.1, -0.05) is 6.92 Å². The van der Waals surface area contributed by atoms with Crippen molar-refractivity contribution in [2.45, 2.75) is 64.1 Å². The molecule has 1 atom stereocenters. The van der Waals surface area contributed by atoms with Gasteiger partial charge in [0.2, 0.25) is 5.91 Å². The number of carbonyl (C=O) groups is 1. The number of carbonyl (C=O) groups excluding carboxylic acids is 1. The van der Waals surface area contributed by atoms with E-state index in [1.54, 1.807) is 6.20 Å². The molecule has 0 bridgehead atoms. The normalized spacial score (nSPS) is 23.7. The Morgan fingerprint density at radius 2 is 2.03 bits per heavy atom. The van der Waals surface area contributed by atoms with Crippen LogP contribution < -0.4 is 10.6 Å². The predicted molar refractivity (Wildman–Crippen MR) is 118 cm³/mol. The smallest absolute Gasteiger partial charge is 0.239 e. The molecule has 30 heavy (non-hydrogen) atoms. The fraction of sp³-hybridized carbons (Fsp3) is 0.609. The third kappa shape index (κ3) is 4.73. The van der Waals surface area contributed by atoms with Gasteiger partial charge in [-0.05, 0) is 62.6 Å².